The summed E-state index contributed by atoms with van der Waals surface area (Å²) in [6, 6.07) is 22.0. The van der Waals surface area contributed by atoms with Crippen LogP contribution in [0.5, 0.6) is 0 Å². The number of hydrogen-bond acceptors (Lipinski definition) is 5. The summed E-state index contributed by atoms with van der Waals surface area (Å²) in [6.07, 6.45) is 12.3. The van der Waals surface area contributed by atoms with Gasteiger partial charge in [-0.05, 0) is 94.6 Å². The third-order valence-corrected chi connectivity index (χ3v) is 9.89. The molecule has 6 nitrogen and oxygen atoms in total. The molecule has 38 heavy (non-hydrogen) atoms. The number of benzene rings is 2. The summed E-state index contributed by atoms with van der Waals surface area (Å²) < 4.78 is 8.08. The number of rotatable bonds is 7. The van der Waals surface area contributed by atoms with E-state index >= 15 is 0 Å². The predicted molar refractivity (Wildman–Crippen MR) is 150 cm³/mol. The first-order valence-electron chi connectivity index (χ1n) is 14.5. The Morgan fingerprint density at radius 2 is 1.66 bits per heavy atom. The summed E-state index contributed by atoms with van der Waals surface area (Å²) in [6.45, 7) is 6.41. The first-order chi connectivity index (χ1) is 18.7. The van der Waals surface area contributed by atoms with Gasteiger partial charge >= 0.3 is 0 Å². The van der Waals surface area contributed by atoms with Gasteiger partial charge in [0.2, 0.25) is 5.89 Å². The zero-order chi connectivity index (χ0) is 25.5. The molecule has 3 fully saturated rings. The minimum absolute atomic E-state index is 0.252. The molecule has 3 aliphatic rings. The number of likely N-dealkylation sites (tertiary alicyclic amines) is 1. The van der Waals surface area contributed by atoms with Gasteiger partial charge in [-0.15, -0.1) is 0 Å². The molecule has 2 aromatic heterocycles. The lowest BCUT2D eigenvalue weighted by Crippen LogP contribution is -2.48. The zero-order valence-electron chi connectivity index (χ0n) is 22.5. The number of aryl methyl sites for hydroxylation is 1. The lowest BCUT2D eigenvalue weighted by atomic mass is 9.70. The number of para-hydroxylation sites is 2. The van der Waals surface area contributed by atoms with Gasteiger partial charge in [-0.3, -0.25) is 9.80 Å². The van der Waals surface area contributed by atoms with Crippen LogP contribution in [0.2, 0.25) is 0 Å². The summed E-state index contributed by atoms with van der Waals surface area (Å²) in [7, 11) is 0. The van der Waals surface area contributed by atoms with Crippen LogP contribution in [-0.4, -0.2) is 56.1 Å². The normalized spacial score (nSPS) is 25.8. The molecule has 0 amide bonds. The maximum absolute atomic E-state index is 5.53. The molecule has 0 radical (unpaired) electrons. The van der Waals surface area contributed by atoms with Crippen molar-refractivity contribution in [1.29, 1.82) is 0 Å². The first-order valence-corrected chi connectivity index (χ1v) is 14.5. The minimum atomic E-state index is 0.252. The van der Waals surface area contributed by atoms with Crippen LogP contribution in [0.4, 0.5) is 0 Å². The van der Waals surface area contributed by atoms with Gasteiger partial charge in [-0.1, -0.05) is 42.5 Å². The number of nitrogens with zero attached hydrogens (tertiary/aromatic N) is 5. The number of piperidine rings is 2. The van der Waals surface area contributed by atoms with Gasteiger partial charge in [0, 0.05) is 18.1 Å². The van der Waals surface area contributed by atoms with Gasteiger partial charge in [0.05, 0.1) is 23.8 Å². The Balaban J connectivity index is 1.06. The standard InChI is InChI=1S/C32H39N5O/c1-24-34-29-9-5-6-10-30(29)37(24)28-21-26-11-12-27(22-28)36(26)19-15-32(25-7-3-2-4-8-25)13-17-35(18-14-32)23-31-33-16-20-38-31/h2-10,16,20,26-28H,11-15,17-19,21-23H2,1H3/t26-,27+,28?. The number of hydrogen-bond donors (Lipinski definition) is 0. The summed E-state index contributed by atoms with van der Waals surface area (Å²) in [4.78, 5) is 14.6. The number of fused-ring (bicyclic) bond motifs is 3. The second-order valence-electron chi connectivity index (χ2n) is 11.9. The van der Waals surface area contributed by atoms with Gasteiger partial charge in [0.15, 0.2) is 0 Å². The molecule has 2 bridgehead atoms. The van der Waals surface area contributed by atoms with E-state index in [1.165, 1.54) is 68.4 Å². The maximum atomic E-state index is 5.53. The molecule has 0 N–H and O–H groups in total. The van der Waals surface area contributed by atoms with Crippen LogP contribution in [0.3, 0.4) is 0 Å². The van der Waals surface area contributed by atoms with E-state index in [9.17, 15) is 0 Å². The fourth-order valence-corrected chi connectivity index (χ4v) is 7.93. The number of aromatic nitrogens is 3. The van der Waals surface area contributed by atoms with E-state index in [0.717, 1.165) is 31.0 Å². The van der Waals surface area contributed by atoms with E-state index in [1.54, 1.807) is 12.5 Å². The molecule has 4 aromatic rings. The topological polar surface area (TPSA) is 50.3 Å². The highest BCUT2D eigenvalue weighted by atomic mass is 16.3. The Bertz CT molecular complexity index is 1340. The van der Waals surface area contributed by atoms with E-state index in [0.29, 0.717) is 18.1 Å². The van der Waals surface area contributed by atoms with Crippen molar-refractivity contribution in [2.75, 3.05) is 19.6 Å². The molecule has 3 aliphatic heterocycles. The summed E-state index contributed by atoms with van der Waals surface area (Å²) >= 11 is 0. The Morgan fingerprint density at radius 3 is 2.39 bits per heavy atom. The monoisotopic (exact) mass is 509 g/mol. The highest BCUT2D eigenvalue weighted by Gasteiger charge is 2.44. The van der Waals surface area contributed by atoms with Crippen LogP contribution < -0.4 is 0 Å². The van der Waals surface area contributed by atoms with Crippen molar-refractivity contribution in [2.24, 2.45) is 0 Å². The molecule has 7 rings (SSSR count). The van der Waals surface area contributed by atoms with Gasteiger partial charge in [-0.25, -0.2) is 9.97 Å². The summed E-state index contributed by atoms with van der Waals surface area (Å²) in [5, 5.41) is 0. The molecule has 0 aliphatic carbocycles. The molecule has 3 saturated heterocycles. The molecular formula is C32H39N5O. The molecule has 198 valence electrons. The van der Waals surface area contributed by atoms with E-state index in [1.807, 2.05) is 0 Å². The van der Waals surface area contributed by atoms with Crippen LogP contribution in [-0.2, 0) is 12.0 Å². The Hall–Kier alpha value is -2.96. The lowest BCUT2D eigenvalue weighted by molar-refractivity contribution is 0.0796. The number of oxazole rings is 1. The fraction of sp³-hybridized carbons (Fsp3) is 0.500. The van der Waals surface area contributed by atoms with Crippen molar-refractivity contribution in [3.63, 3.8) is 0 Å². The van der Waals surface area contributed by atoms with Gasteiger partial charge in [0.25, 0.3) is 0 Å². The first kappa shape index (κ1) is 24.1. The third kappa shape index (κ3) is 4.38. The second kappa shape index (κ2) is 9.97. The largest absolute Gasteiger partial charge is 0.448 e. The average molecular weight is 510 g/mol. The third-order valence-electron chi connectivity index (χ3n) is 9.89. The van der Waals surface area contributed by atoms with Crippen molar-refractivity contribution in [2.45, 2.75) is 82.0 Å². The summed E-state index contributed by atoms with van der Waals surface area (Å²) in [5.74, 6) is 2.00. The SMILES string of the molecule is Cc1nc2ccccc2n1C1C[C@H]2CC[C@@H](C1)N2CCC1(c2ccccc2)CCN(Cc2ncco2)CC1. The summed E-state index contributed by atoms with van der Waals surface area (Å²) in [5.41, 5.74) is 4.22. The molecule has 0 saturated carbocycles. The van der Waals surface area contributed by atoms with E-state index in [-0.39, 0.29) is 5.41 Å². The fourth-order valence-electron chi connectivity index (χ4n) is 7.93. The minimum Gasteiger partial charge on any atom is -0.448 e. The van der Waals surface area contributed by atoms with Crippen LogP contribution in [0, 0.1) is 6.92 Å². The van der Waals surface area contributed by atoms with E-state index in [2.05, 4.69) is 80.9 Å². The molecule has 6 heteroatoms. The predicted octanol–water partition coefficient (Wildman–Crippen LogP) is 6.12. The zero-order valence-corrected chi connectivity index (χ0v) is 22.5. The molecule has 5 heterocycles. The molecule has 1 unspecified atom stereocenters. The van der Waals surface area contributed by atoms with Crippen molar-refractivity contribution < 1.29 is 4.42 Å². The lowest BCUT2D eigenvalue weighted by Gasteiger charge is -2.45. The van der Waals surface area contributed by atoms with Crippen LogP contribution in [0.1, 0.15) is 68.3 Å². The number of imidazole rings is 1. The Kier molecular flexibility index (Phi) is 6.33. The van der Waals surface area contributed by atoms with Crippen molar-refractivity contribution in [3.8, 4) is 0 Å². The maximum Gasteiger partial charge on any atom is 0.208 e. The smallest absolute Gasteiger partial charge is 0.208 e. The highest BCUT2D eigenvalue weighted by molar-refractivity contribution is 5.76. The molecule has 0 spiro atoms. The Morgan fingerprint density at radius 1 is 0.921 bits per heavy atom. The van der Waals surface area contributed by atoms with Gasteiger partial charge < -0.3 is 8.98 Å². The quantitative estimate of drug-likeness (QED) is 0.300. The van der Waals surface area contributed by atoms with Crippen LogP contribution >= 0.6 is 0 Å². The van der Waals surface area contributed by atoms with Crippen LogP contribution in [0.15, 0.2) is 71.5 Å². The van der Waals surface area contributed by atoms with Gasteiger partial charge in [0.1, 0.15) is 12.1 Å². The van der Waals surface area contributed by atoms with Crippen molar-refractivity contribution in [3.05, 3.63) is 84.3 Å². The van der Waals surface area contributed by atoms with E-state index < -0.39 is 0 Å². The Labute approximate surface area is 225 Å². The second-order valence-corrected chi connectivity index (χ2v) is 11.9. The molecular weight excluding hydrogens is 470 g/mol. The van der Waals surface area contributed by atoms with Gasteiger partial charge in [-0.2, -0.15) is 0 Å². The van der Waals surface area contributed by atoms with Crippen molar-refractivity contribution >= 4 is 11.0 Å². The van der Waals surface area contributed by atoms with Crippen LogP contribution in [0.25, 0.3) is 11.0 Å². The highest BCUT2D eigenvalue weighted by Crippen LogP contribution is 2.45. The molecule has 2 aromatic carbocycles. The average Bonchev–Trinajstić information content (AvgIpc) is 3.64. The van der Waals surface area contributed by atoms with E-state index in [4.69, 9.17) is 9.40 Å². The van der Waals surface area contributed by atoms with Crippen molar-refractivity contribution in [1.82, 2.24) is 24.3 Å². The molecule has 3 atom stereocenters.